The zero-order valence-corrected chi connectivity index (χ0v) is 17.0. The predicted molar refractivity (Wildman–Crippen MR) is 120 cm³/mol. The molecule has 1 unspecified atom stereocenters. The van der Waals surface area contributed by atoms with Gasteiger partial charge in [-0.2, -0.15) is 0 Å². The van der Waals surface area contributed by atoms with Gasteiger partial charge in [0.05, 0.1) is 18.6 Å². The molecule has 2 heteroatoms. The van der Waals surface area contributed by atoms with E-state index in [1.54, 1.807) is 14.2 Å². The van der Waals surface area contributed by atoms with Gasteiger partial charge in [0.15, 0.2) is 0 Å². The molecule has 0 aromatic heterocycles. The van der Waals surface area contributed by atoms with Crippen LogP contribution < -0.4 is 4.74 Å². The Labute approximate surface area is 173 Å². The molecule has 0 saturated heterocycles. The van der Waals surface area contributed by atoms with Crippen LogP contribution in [0.3, 0.4) is 0 Å². The molecule has 0 fully saturated rings. The number of hydrogen-bond acceptors (Lipinski definition) is 2. The normalized spacial score (nSPS) is 15.0. The maximum absolute atomic E-state index is 5.49. The van der Waals surface area contributed by atoms with Crippen LogP contribution >= 0.6 is 0 Å². The molecule has 3 aromatic carbocycles. The monoisotopic (exact) mass is 382 g/mol. The first-order valence-electron chi connectivity index (χ1n) is 9.91. The first kappa shape index (κ1) is 19.2. The second kappa shape index (κ2) is 8.10. The molecule has 1 aliphatic carbocycles. The van der Waals surface area contributed by atoms with Crippen LogP contribution in [0.4, 0.5) is 0 Å². The summed E-state index contributed by atoms with van der Waals surface area (Å²) >= 11 is 0. The number of allylic oxidation sites excluding steroid dienone is 1. The third kappa shape index (κ3) is 3.20. The van der Waals surface area contributed by atoms with Gasteiger partial charge in [-0.25, -0.2) is 0 Å². The summed E-state index contributed by atoms with van der Waals surface area (Å²) in [6.45, 7) is 3.88. The van der Waals surface area contributed by atoms with E-state index < -0.39 is 0 Å². The molecule has 4 rings (SSSR count). The standard InChI is InChI=1S/C27H26O2/c1-4-21(28-2)10-9-19-27(20-15-17-22(29-3)18-16-20)25-13-7-5-11-23(25)24-12-6-8-14-26(24)27/h4-9,11-19,21H,1,10H2,2-3H3/b19-9+. The van der Waals surface area contributed by atoms with Gasteiger partial charge in [-0.1, -0.05) is 78.9 Å². The average Bonchev–Trinajstić information content (AvgIpc) is 3.08. The van der Waals surface area contributed by atoms with Crippen LogP contribution in [0.1, 0.15) is 23.1 Å². The van der Waals surface area contributed by atoms with E-state index in [1.807, 2.05) is 18.2 Å². The zero-order valence-electron chi connectivity index (χ0n) is 17.0. The smallest absolute Gasteiger partial charge is 0.118 e. The quantitative estimate of drug-likeness (QED) is 0.456. The molecule has 0 N–H and O–H groups in total. The van der Waals surface area contributed by atoms with Crippen LogP contribution in [0.2, 0.25) is 0 Å². The highest BCUT2D eigenvalue weighted by molar-refractivity contribution is 5.84. The van der Waals surface area contributed by atoms with E-state index in [9.17, 15) is 0 Å². The molecular weight excluding hydrogens is 356 g/mol. The Morgan fingerprint density at radius 3 is 1.97 bits per heavy atom. The summed E-state index contributed by atoms with van der Waals surface area (Å²) in [6.07, 6.45) is 7.18. The van der Waals surface area contributed by atoms with Gasteiger partial charge in [0.2, 0.25) is 0 Å². The molecule has 1 aliphatic rings. The first-order valence-corrected chi connectivity index (χ1v) is 9.91. The number of benzene rings is 3. The summed E-state index contributed by atoms with van der Waals surface area (Å²) in [5.41, 5.74) is 6.05. The molecule has 0 radical (unpaired) electrons. The zero-order chi connectivity index (χ0) is 20.3. The Morgan fingerprint density at radius 1 is 0.862 bits per heavy atom. The Morgan fingerprint density at radius 2 is 1.45 bits per heavy atom. The number of fused-ring (bicyclic) bond motifs is 3. The Bertz CT molecular complexity index is 985. The lowest BCUT2D eigenvalue weighted by Crippen LogP contribution is -2.24. The van der Waals surface area contributed by atoms with Crippen molar-refractivity contribution in [3.63, 3.8) is 0 Å². The SMILES string of the molecule is C=CC(C/C=C/C1(c2ccc(OC)cc2)c2ccccc2-c2ccccc21)OC. The topological polar surface area (TPSA) is 18.5 Å². The summed E-state index contributed by atoms with van der Waals surface area (Å²) in [6, 6.07) is 25.8. The fourth-order valence-electron chi connectivity index (χ4n) is 4.38. The highest BCUT2D eigenvalue weighted by atomic mass is 16.5. The van der Waals surface area contributed by atoms with Gasteiger partial charge >= 0.3 is 0 Å². The van der Waals surface area contributed by atoms with E-state index in [2.05, 4.69) is 79.4 Å². The number of hydrogen-bond donors (Lipinski definition) is 0. The minimum absolute atomic E-state index is 0.00561. The van der Waals surface area contributed by atoms with Crippen molar-refractivity contribution in [2.45, 2.75) is 17.9 Å². The maximum atomic E-state index is 5.49. The lowest BCUT2D eigenvalue weighted by molar-refractivity contribution is 0.144. The van der Waals surface area contributed by atoms with E-state index in [-0.39, 0.29) is 11.5 Å². The van der Waals surface area contributed by atoms with E-state index >= 15 is 0 Å². The fourth-order valence-corrected chi connectivity index (χ4v) is 4.38. The Kier molecular flexibility index (Phi) is 5.37. The largest absolute Gasteiger partial charge is 0.497 e. The van der Waals surface area contributed by atoms with Gasteiger partial charge in [0, 0.05) is 7.11 Å². The minimum Gasteiger partial charge on any atom is -0.497 e. The minimum atomic E-state index is -0.348. The summed E-state index contributed by atoms with van der Waals surface area (Å²) < 4.78 is 10.9. The second-order valence-electron chi connectivity index (χ2n) is 7.28. The molecule has 0 aliphatic heterocycles. The maximum Gasteiger partial charge on any atom is 0.118 e. The Hall–Kier alpha value is -3.10. The van der Waals surface area contributed by atoms with Crippen molar-refractivity contribution in [2.75, 3.05) is 14.2 Å². The summed E-state index contributed by atoms with van der Waals surface area (Å²) in [4.78, 5) is 0. The van der Waals surface area contributed by atoms with Crippen molar-refractivity contribution in [3.05, 3.63) is 114 Å². The van der Waals surface area contributed by atoms with E-state index in [0.29, 0.717) is 0 Å². The molecule has 146 valence electrons. The van der Waals surface area contributed by atoms with Crippen LogP contribution in [0.5, 0.6) is 5.75 Å². The molecule has 2 nitrogen and oxygen atoms in total. The molecule has 1 atom stereocenters. The summed E-state index contributed by atoms with van der Waals surface area (Å²) in [5.74, 6) is 0.860. The van der Waals surface area contributed by atoms with Gasteiger partial charge in [-0.3, -0.25) is 0 Å². The van der Waals surface area contributed by atoms with Crippen molar-refractivity contribution in [2.24, 2.45) is 0 Å². The van der Waals surface area contributed by atoms with Gasteiger partial charge in [-0.05, 0) is 46.4 Å². The van der Waals surface area contributed by atoms with Crippen molar-refractivity contribution in [1.82, 2.24) is 0 Å². The average molecular weight is 383 g/mol. The predicted octanol–water partition coefficient (Wildman–Crippen LogP) is 6.16. The lowest BCUT2D eigenvalue weighted by Gasteiger charge is -2.30. The third-order valence-electron chi connectivity index (χ3n) is 5.84. The lowest BCUT2D eigenvalue weighted by atomic mass is 9.72. The van der Waals surface area contributed by atoms with Crippen LogP contribution in [-0.4, -0.2) is 20.3 Å². The van der Waals surface area contributed by atoms with Crippen molar-refractivity contribution >= 4 is 0 Å². The van der Waals surface area contributed by atoms with Crippen molar-refractivity contribution < 1.29 is 9.47 Å². The highest BCUT2D eigenvalue weighted by Gasteiger charge is 2.42. The van der Waals surface area contributed by atoms with Gasteiger partial charge in [-0.15, -0.1) is 6.58 Å². The van der Waals surface area contributed by atoms with Gasteiger partial charge in [0.1, 0.15) is 5.75 Å². The molecule has 29 heavy (non-hydrogen) atoms. The molecule has 0 amide bonds. The molecule has 3 aromatic rings. The molecular formula is C27H26O2. The number of rotatable bonds is 7. The first-order chi connectivity index (χ1) is 14.2. The second-order valence-corrected chi connectivity index (χ2v) is 7.28. The van der Waals surface area contributed by atoms with E-state index in [1.165, 1.54) is 27.8 Å². The van der Waals surface area contributed by atoms with Crippen molar-refractivity contribution in [1.29, 1.82) is 0 Å². The molecule has 0 heterocycles. The van der Waals surface area contributed by atoms with Crippen LogP contribution in [0.25, 0.3) is 11.1 Å². The number of methoxy groups -OCH3 is 2. The van der Waals surface area contributed by atoms with Crippen LogP contribution in [-0.2, 0) is 10.2 Å². The number of ether oxygens (including phenoxy) is 2. The summed E-state index contributed by atoms with van der Waals surface area (Å²) in [5, 5.41) is 0. The van der Waals surface area contributed by atoms with E-state index in [0.717, 1.165) is 12.2 Å². The summed E-state index contributed by atoms with van der Waals surface area (Å²) in [7, 11) is 3.42. The van der Waals surface area contributed by atoms with Crippen LogP contribution in [0.15, 0.2) is 97.6 Å². The van der Waals surface area contributed by atoms with Gasteiger partial charge < -0.3 is 9.47 Å². The van der Waals surface area contributed by atoms with Gasteiger partial charge in [0.25, 0.3) is 0 Å². The van der Waals surface area contributed by atoms with Crippen LogP contribution in [0, 0.1) is 0 Å². The molecule has 0 spiro atoms. The molecule has 0 bridgehead atoms. The van der Waals surface area contributed by atoms with Crippen molar-refractivity contribution in [3.8, 4) is 16.9 Å². The Balaban J connectivity index is 1.93. The molecule has 0 saturated carbocycles. The fraction of sp³-hybridized carbons (Fsp3) is 0.185. The highest BCUT2D eigenvalue weighted by Crippen LogP contribution is 2.53. The van der Waals surface area contributed by atoms with E-state index in [4.69, 9.17) is 9.47 Å². The third-order valence-corrected chi connectivity index (χ3v) is 5.84.